The van der Waals surface area contributed by atoms with Crippen LogP contribution in [0, 0.1) is 5.82 Å². The molecule has 3 aromatic rings. The largest absolute Gasteiger partial charge is 0.490 e. The average Bonchev–Trinajstić information content (AvgIpc) is 2.83. The molecule has 0 fully saturated rings. The summed E-state index contributed by atoms with van der Waals surface area (Å²) in [5.41, 5.74) is 4.05. The SMILES string of the molecule is C=CCOc1ccc(C(=O)N/N=C/c2cccc(OCc3ccccc3F)c2)cc1OCC. The molecule has 0 saturated carbocycles. The van der Waals surface area contributed by atoms with Crippen molar-refractivity contribution in [1.29, 1.82) is 0 Å². The fourth-order valence-electron chi connectivity index (χ4n) is 2.88. The van der Waals surface area contributed by atoms with E-state index in [9.17, 15) is 9.18 Å². The van der Waals surface area contributed by atoms with Gasteiger partial charge in [0.2, 0.25) is 0 Å². The van der Waals surface area contributed by atoms with Gasteiger partial charge < -0.3 is 14.2 Å². The minimum absolute atomic E-state index is 0.110. The summed E-state index contributed by atoms with van der Waals surface area (Å²) >= 11 is 0. The maximum Gasteiger partial charge on any atom is 0.271 e. The minimum atomic E-state index is -0.394. The number of amides is 1. The zero-order valence-electron chi connectivity index (χ0n) is 18.3. The molecule has 0 heterocycles. The van der Waals surface area contributed by atoms with Crippen molar-refractivity contribution in [3.63, 3.8) is 0 Å². The number of rotatable bonds is 11. The Morgan fingerprint density at radius 3 is 2.67 bits per heavy atom. The Balaban J connectivity index is 1.61. The number of nitrogens with one attached hydrogen (secondary N) is 1. The van der Waals surface area contributed by atoms with Crippen LogP contribution in [0.5, 0.6) is 17.2 Å². The standard InChI is InChI=1S/C26H25FN2O4/c1-3-14-32-24-13-12-20(16-25(24)31-4-2)26(30)29-28-17-19-8-7-10-22(15-19)33-18-21-9-5-6-11-23(21)27/h3,5-13,15-17H,1,4,14,18H2,2H3,(H,29,30)/b28-17+. The van der Waals surface area contributed by atoms with Crippen molar-refractivity contribution in [3.8, 4) is 17.2 Å². The van der Waals surface area contributed by atoms with Crippen molar-refractivity contribution in [2.45, 2.75) is 13.5 Å². The highest BCUT2D eigenvalue weighted by Gasteiger charge is 2.11. The van der Waals surface area contributed by atoms with Gasteiger partial charge in [-0.1, -0.05) is 43.0 Å². The first-order valence-electron chi connectivity index (χ1n) is 10.4. The minimum Gasteiger partial charge on any atom is -0.490 e. The van der Waals surface area contributed by atoms with Crippen LogP contribution >= 0.6 is 0 Å². The summed E-state index contributed by atoms with van der Waals surface area (Å²) in [5, 5.41) is 4.01. The highest BCUT2D eigenvalue weighted by atomic mass is 19.1. The molecule has 0 radical (unpaired) electrons. The van der Waals surface area contributed by atoms with E-state index in [0.29, 0.717) is 47.2 Å². The molecule has 0 aliphatic rings. The molecule has 0 spiro atoms. The Morgan fingerprint density at radius 2 is 1.88 bits per heavy atom. The third-order valence-electron chi connectivity index (χ3n) is 4.45. The number of carbonyl (C=O) groups excluding carboxylic acids is 1. The van der Waals surface area contributed by atoms with Crippen LogP contribution < -0.4 is 19.6 Å². The fraction of sp³-hybridized carbons (Fsp3) is 0.154. The van der Waals surface area contributed by atoms with Crippen molar-refractivity contribution >= 4 is 12.1 Å². The second kappa shape index (κ2) is 12.0. The second-order valence-electron chi connectivity index (χ2n) is 6.85. The van der Waals surface area contributed by atoms with E-state index >= 15 is 0 Å². The first kappa shape index (κ1) is 23.5. The fourth-order valence-corrected chi connectivity index (χ4v) is 2.88. The number of ether oxygens (including phenoxy) is 3. The van der Waals surface area contributed by atoms with Gasteiger partial charge in [-0.3, -0.25) is 4.79 Å². The molecule has 0 aromatic heterocycles. The summed E-state index contributed by atoms with van der Waals surface area (Å²) in [6.45, 7) is 6.35. The Bertz CT molecular complexity index is 1130. The van der Waals surface area contributed by atoms with Gasteiger partial charge in [0.15, 0.2) is 11.5 Å². The van der Waals surface area contributed by atoms with Gasteiger partial charge in [-0.2, -0.15) is 5.10 Å². The van der Waals surface area contributed by atoms with Crippen LogP contribution in [0.15, 0.2) is 84.5 Å². The molecule has 0 aliphatic carbocycles. The van der Waals surface area contributed by atoms with E-state index < -0.39 is 5.91 Å². The maximum atomic E-state index is 13.7. The van der Waals surface area contributed by atoms with Crippen molar-refractivity contribution in [1.82, 2.24) is 5.43 Å². The maximum absolute atomic E-state index is 13.7. The lowest BCUT2D eigenvalue weighted by Gasteiger charge is -2.12. The monoisotopic (exact) mass is 448 g/mol. The first-order valence-corrected chi connectivity index (χ1v) is 10.4. The van der Waals surface area contributed by atoms with E-state index in [1.165, 1.54) is 12.3 Å². The normalized spacial score (nSPS) is 10.6. The quantitative estimate of drug-likeness (QED) is 0.251. The van der Waals surface area contributed by atoms with E-state index in [2.05, 4.69) is 17.1 Å². The van der Waals surface area contributed by atoms with Gasteiger partial charge >= 0.3 is 0 Å². The molecule has 0 saturated heterocycles. The number of hydrogen-bond acceptors (Lipinski definition) is 5. The Hall–Kier alpha value is -4.13. The predicted octanol–water partition coefficient (Wildman–Crippen LogP) is 5.13. The second-order valence-corrected chi connectivity index (χ2v) is 6.85. The number of carbonyl (C=O) groups is 1. The topological polar surface area (TPSA) is 69.2 Å². The van der Waals surface area contributed by atoms with E-state index in [0.717, 1.165) is 0 Å². The molecule has 1 amide bonds. The summed E-state index contributed by atoms with van der Waals surface area (Å²) in [4.78, 5) is 12.5. The lowest BCUT2D eigenvalue weighted by Crippen LogP contribution is -2.17. The number of nitrogens with zero attached hydrogens (tertiary/aromatic N) is 1. The number of hydrazone groups is 1. The summed E-state index contributed by atoms with van der Waals surface area (Å²) in [6.07, 6.45) is 3.13. The van der Waals surface area contributed by atoms with E-state index in [4.69, 9.17) is 14.2 Å². The van der Waals surface area contributed by atoms with Crippen LogP contribution in [0.4, 0.5) is 4.39 Å². The van der Waals surface area contributed by atoms with Crippen LogP contribution in [-0.4, -0.2) is 25.3 Å². The van der Waals surface area contributed by atoms with Crippen molar-refractivity contribution in [2.75, 3.05) is 13.2 Å². The highest BCUT2D eigenvalue weighted by Crippen LogP contribution is 2.28. The lowest BCUT2D eigenvalue weighted by molar-refractivity contribution is 0.0954. The van der Waals surface area contributed by atoms with Gasteiger partial charge in [0.25, 0.3) is 5.91 Å². The summed E-state index contributed by atoms with van der Waals surface area (Å²) < 4.78 is 30.5. The molecule has 1 N–H and O–H groups in total. The van der Waals surface area contributed by atoms with Crippen molar-refractivity contribution < 1.29 is 23.4 Å². The number of halogens is 1. The molecule has 170 valence electrons. The smallest absolute Gasteiger partial charge is 0.271 e. The van der Waals surface area contributed by atoms with E-state index in [1.807, 2.05) is 13.0 Å². The first-order chi connectivity index (χ1) is 16.1. The van der Waals surface area contributed by atoms with E-state index in [1.54, 1.807) is 60.7 Å². The molecule has 3 aromatic carbocycles. The van der Waals surface area contributed by atoms with Gasteiger partial charge in [0, 0.05) is 11.1 Å². The number of hydrogen-bond donors (Lipinski definition) is 1. The highest BCUT2D eigenvalue weighted by molar-refractivity contribution is 5.95. The molecular weight excluding hydrogens is 423 g/mol. The summed E-state index contributed by atoms with van der Waals surface area (Å²) in [5.74, 6) is 0.852. The van der Waals surface area contributed by atoms with Crippen LogP contribution in [-0.2, 0) is 6.61 Å². The summed E-state index contributed by atoms with van der Waals surface area (Å²) in [6, 6.07) is 18.5. The molecule has 7 heteroatoms. The van der Waals surface area contributed by atoms with Crippen molar-refractivity contribution in [3.05, 3.63) is 102 Å². The zero-order valence-corrected chi connectivity index (χ0v) is 18.3. The Morgan fingerprint density at radius 1 is 1.03 bits per heavy atom. The van der Waals surface area contributed by atoms with Gasteiger partial charge in [0.05, 0.1) is 12.8 Å². The molecule has 0 bridgehead atoms. The Kier molecular flexibility index (Phi) is 8.59. The third kappa shape index (κ3) is 6.93. The average molecular weight is 448 g/mol. The van der Waals surface area contributed by atoms with Crippen LogP contribution in [0.2, 0.25) is 0 Å². The molecular formula is C26H25FN2O4. The summed E-state index contributed by atoms with van der Waals surface area (Å²) in [7, 11) is 0. The molecule has 33 heavy (non-hydrogen) atoms. The van der Waals surface area contributed by atoms with Crippen LogP contribution in [0.25, 0.3) is 0 Å². The lowest BCUT2D eigenvalue weighted by atomic mass is 10.2. The molecule has 0 unspecified atom stereocenters. The molecule has 6 nitrogen and oxygen atoms in total. The Labute approximate surface area is 192 Å². The molecule has 0 atom stereocenters. The third-order valence-corrected chi connectivity index (χ3v) is 4.45. The number of benzene rings is 3. The predicted molar refractivity (Wildman–Crippen MR) is 126 cm³/mol. The van der Waals surface area contributed by atoms with Crippen molar-refractivity contribution in [2.24, 2.45) is 5.10 Å². The molecule has 0 aliphatic heterocycles. The van der Waals surface area contributed by atoms with Gasteiger partial charge in [-0.05, 0) is 48.9 Å². The van der Waals surface area contributed by atoms with Gasteiger partial charge in [0.1, 0.15) is 24.8 Å². The van der Waals surface area contributed by atoms with Gasteiger partial charge in [-0.15, -0.1) is 0 Å². The van der Waals surface area contributed by atoms with Gasteiger partial charge in [-0.25, -0.2) is 9.82 Å². The van der Waals surface area contributed by atoms with E-state index in [-0.39, 0.29) is 12.4 Å². The van der Waals surface area contributed by atoms with Crippen LogP contribution in [0.1, 0.15) is 28.4 Å². The van der Waals surface area contributed by atoms with Crippen LogP contribution in [0.3, 0.4) is 0 Å². The molecule has 3 rings (SSSR count). The zero-order chi connectivity index (χ0) is 23.5.